The molecular weight excluding hydrogens is 817 g/mol. The Morgan fingerprint density at radius 3 is 0.742 bits per heavy atom. The van der Waals surface area contributed by atoms with E-state index in [2.05, 4.69) is 34.6 Å². The first-order chi connectivity index (χ1) is 32.2. The fraction of sp³-hybridized carbons (Fsp3) is 0.950. The Morgan fingerprint density at radius 1 is 0.288 bits per heavy atom. The highest BCUT2D eigenvalue weighted by Gasteiger charge is 2.19. The van der Waals surface area contributed by atoms with Crippen molar-refractivity contribution in [3.63, 3.8) is 0 Å². The molecule has 0 aromatic heterocycles. The summed E-state index contributed by atoms with van der Waals surface area (Å²) in [7, 11) is 0. The van der Waals surface area contributed by atoms with E-state index in [1.165, 1.54) is 225 Å². The molecule has 0 aliphatic heterocycles. The lowest BCUT2D eigenvalue weighted by Crippen LogP contribution is -2.30. The molecule has 0 N–H and O–H groups in total. The molecule has 6 heteroatoms. The first kappa shape index (κ1) is 64.4. The normalized spacial score (nSPS) is 12.0. The highest BCUT2D eigenvalue weighted by atomic mass is 16.6. The van der Waals surface area contributed by atoms with Gasteiger partial charge in [0.05, 0.1) is 0 Å². The van der Waals surface area contributed by atoms with E-state index < -0.39 is 6.10 Å². The van der Waals surface area contributed by atoms with Crippen molar-refractivity contribution in [2.24, 2.45) is 11.8 Å². The molecule has 0 radical (unpaired) electrons. The van der Waals surface area contributed by atoms with Crippen molar-refractivity contribution in [2.45, 2.75) is 343 Å². The van der Waals surface area contributed by atoms with Crippen molar-refractivity contribution in [2.75, 3.05) is 13.2 Å². The van der Waals surface area contributed by atoms with Gasteiger partial charge in [-0.25, -0.2) is 0 Å². The topological polar surface area (TPSA) is 78.9 Å². The summed E-state index contributed by atoms with van der Waals surface area (Å²) in [4.78, 5) is 38.1. The van der Waals surface area contributed by atoms with Gasteiger partial charge in [-0.3, -0.25) is 14.4 Å². The van der Waals surface area contributed by atoms with Gasteiger partial charge >= 0.3 is 17.9 Å². The largest absolute Gasteiger partial charge is 0.462 e. The van der Waals surface area contributed by atoms with Gasteiger partial charge in [0, 0.05) is 19.3 Å². The lowest BCUT2D eigenvalue weighted by Gasteiger charge is -2.18. The second-order valence-electron chi connectivity index (χ2n) is 21.6. The number of esters is 3. The number of carbonyl (C=O) groups is 3. The molecule has 0 bridgehead atoms. The summed E-state index contributed by atoms with van der Waals surface area (Å²) in [5, 5.41) is 0. The first-order valence-electron chi connectivity index (χ1n) is 29.7. The maximum atomic E-state index is 12.9. The quantitative estimate of drug-likeness (QED) is 0.0343. The number of carbonyl (C=O) groups excluding carboxylic acids is 3. The van der Waals surface area contributed by atoms with Gasteiger partial charge < -0.3 is 14.2 Å². The van der Waals surface area contributed by atoms with Crippen LogP contribution in [0.15, 0.2) is 0 Å². The van der Waals surface area contributed by atoms with E-state index in [9.17, 15) is 14.4 Å². The SMILES string of the molecule is CCCCCCCCCCCCCCCCCCCCC(=O)OC[C@@H](COC(=O)CCCCCCCCCCC(C)C)OC(=O)CCCCCCCCCCCCCCCCCCC(C)C. The summed E-state index contributed by atoms with van der Waals surface area (Å²) in [6, 6.07) is 0. The van der Waals surface area contributed by atoms with E-state index in [0.717, 1.165) is 69.6 Å². The molecule has 0 rings (SSSR count). The highest BCUT2D eigenvalue weighted by molar-refractivity contribution is 5.71. The van der Waals surface area contributed by atoms with Gasteiger partial charge in [-0.1, -0.05) is 298 Å². The maximum absolute atomic E-state index is 12.9. The maximum Gasteiger partial charge on any atom is 0.306 e. The zero-order valence-electron chi connectivity index (χ0n) is 45.3. The number of unbranched alkanes of at least 4 members (excludes halogenated alkanes) is 39. The fourth-order valence-corrected chi connectivity index (χ4v) is 9.23. The molecular formula is C60H116O6. The van der Waals surface area contributed by atoms with Crippen LogP contribution in [0.5, 0.6) is 0 Å². The average Bonchev–Trinajstić information content (AvgIpc) is 3.29. The van der Waals surface area contributed by atoms with Gasteiger partial charge in [0.1, 0.15) is 13.2 Å². The molecule has 0 aromatic rings. The predicted octanol–water partition coefficient (Wildman–Crippen LogP) is 19.7. The van der Waals surface area contributed by atoms with Crippen LogP contribution in [0.25, 0.3) is 0 Å². The second kappa shape index (κ2) is 52.8. The van der Waals surface area contributed by atoms with E-state index in [1.54, 1.807) is 0 Å². The molecule has 0 amide bonds. The van der Waals surface area contributed by atoms with Crippen LogP contribution >= 0.6 is 0 Å². The summed E-state index contributed by atoms with van der Waals surface area (Å²) >= 11 is 0. The summed E-state index contributed by atoms with van der Waals surface area (Å²) in [6.07, 6.45) is 56.8. The molecule has 0 spiro atoms. The minimum absolute atomic E-state index is 0.0629. The lowest BCUT2D eigenvalue weighted by atomic mass is 10.0. The Bertz CT molecular complexity index is 1010. The third-order valence-electron chi connectivity index (χ3n) is 13.7. The molecule has 66 heavy (non-hydrogen) atoms. The van der Waals surface area contributed by atoms with Gasteiger partial charge in [0.15, 0.2) is 6.10 Å². The third kappa shape index (κ3) is 53.4. The Balaban J connectivity index is 4.25. The van der Waals surface area contributed by atoms with Crippen LogP contribution in [0.1, 0.15) is 336 Å². The summed E-state index contributed by atoms with van der Waals surface area (Å²) in [5.74, 6) is 0.808. The van der Waals surface area contributed by atoms with Crippen molar-refractivity contribution in [1.29, 1.82) is 0 Å². The van der Waals surface area contributed by atoms with Crippen LogP contribution in [-0.2, 0) is 28.6 Å². The first-order valence-corrected chi connectivity index (χ1v) is 29.7. The molecule has 0 aliphatic rings. The average molecular weight is 934 g/mol. The Labute approximate surface area is 412 Å². The van der Waals surface area contributed by atoms with Crippen molar-refractivity contribution in [3.8, 4) is 0 Å². The molecule has 0 aliphatic carbocycles. The predicted molar refractivity (Wildman–Crippen MR) is 284 cm³/mol. The Kier molecular flexibility index (Phi) is 51.5. The molecule has 1 atom stereocenters. The molecule has 0 heterocycles. The molecule has 0 saturated heterocycles. The monoisotopic (exact) mass is 933 g/mol. The zero-order valence-corrected chi connectivity index (χ0v) is 45.3. The van der Waals surface area contributed by atoms with Crippen molar-refractivity contribution < 1.29 is 28.6 Å². The second-order valence-corrected chi connectivity index (χ2v) is 21.6. The van der Waals surface area contributed by atoms with E-state index in [4.69, 9.17) is 14.2 Å². The molecule has 6 nitrogen and oxygen atoms in total. The van der Waals surface area contributed by atoms with E-state index >= 15 is 0 Å². The van der Waals surface area contributed by atoms with Gasteiger partial charge in [-0.15, -0.1) is 0 Å². The smallest absolute Gasteiger partial charge is 0.306 e. The zero-order chi connectivity index (χ0) is 48.2. The Hall–Kier alpha value is -1.59. The van der Waals surface area contributed by atoms with E-state index in [1.807, 2.05) is 0 Å². The van der Waals surface area contributed by atoms with Crippen LogP contribution in [0, 0.1) is 11.8 Å². The van der Waals surface area contributed by atoms with Crippen LogP contribution in [0.3, 0.4) is 0 Å². The molecule has 0 aromatic carbocycles. The van der Waals surface area contributed by atoms with Crippen molar-refractivity contribution >= 4 is 17.9 Å². The summed E-state index contributed by atoms with van der Waals surface area (Å²) in [5.41, 5.74) is 0. The highest BCUT2D eigenvalue weighted by Crippen LogP contribution is 2.18. The molecule has 392 valence electrons. The molecule has 0 unspecified atom stereocenters. The number of hydrogen-bond acceptors (Lipinski definition) is 6. The van der Waals surface area contributed by atoms with Gasteiger partial charge in [0.2, 0.25) is 0 Å². The van der Waals surface area contributed by atoms with Gasteiger partial charge in [-0.2, -0.15) is 0 Å². The fourth-order valence-electron chi connectivity index (χ4n) is 9.23. The molecule has 0 fully saturated rings. The van der Waals surface area contributed by atoms with Crippen molar-refractivity contribution in [3.05, 3.63) is 0 Å². The van der Waals surface area contributed by atoms with Crippen LogP contribution in [0.2, 0.25) is 0 Å². The molecule has 0 saturated carbocycles. The minimum Gasteiger partial charge on any atom is -0.462 e. The minimum atomic E-state index is -0.763. The van der Waals surface area contributed by atoms with E-state index in [-0.39, 0.29) is 31.1 Å². The number of ether oxygens (including phenoxy) is 3. The van der Waals surface area contributed by atoms with E-state index in [0.29, 0.717) is 19.3 Å². The summed E-state index contributed by atoms with van der Waals surface area (Å²) in [6.45, 7) is 11.4. The van der Waals surface area contributed by atoms with Crippen LogP contribution < -0.4 is 0 Å². The Morgan fingerprint density at radius 2 is 0.500 bits per heavy atom. The van der Waals surface area contributed by atoms with Crippen LogP contribution in [0.4, 0.5) is 0 Å². The summed E-state index contributed by atoms with van der Waals surface area (Å²) < 4.78 is 16.9. The van der Waals surface area contributed by atoms with Gasteiger partial charge in [0.25, 0.3) is 0 Å². The number of hydrogen-bond donors (Lipinski definition) is 0. The van der Waals surface area contributed by atoms with Crippen LogP contribution in [-0.4, -0.2) is 37.2 Å². The number of rotatable bonds is 54. The lowest BCUT2D eigenvalue weighted by molar-refractivity contribution is -0.167. The third-order valence-corrected chi connectivity index (χ3v) is 13.7. The van der Waals surface area contributed by atoms with Crippen molar-refractivity contribution in [1.82, 2.24) is 0 Å². The van der Waals surface area contributed by atoms with Gasteiger partial charge in [-0.05, 0) is 31.1 Å². The standard InChI is InChI=1S/C60H116O6/c1-6-7-8-9-10-11-12-13-14-15-16-20-23-26-29-35-40-45-50-58(61)64-53-57(54-65-59(62)51-46-41-36-32-31-34-39-44-49-56(4)5)66-60(63)52-47-42-37-30-27-24-21-18-17-19-22-25-28-33-38-43-48-55(2)3/h55-57H,6-54H2,1-5H3/t57-/m0/s1.